The molecule has 0 heterocycles. The topological polar surface area (TPSA) is 138 Å². The molecule has 0 saturated carbocycles. The van der Waals surface area contributed by atoms with Gasteiger partial charge in [-0.25, -0.2) is 0 Å². The van der Waals surface area contributed by atoms with Gasteiger partial charge < -0.3 is 21.9 Å². The van der Waals surface area contributed by atoms with Crippen molar-refractivity contribution in [1.29, 1.82) is 0 Å². The van der Waals surface area contributed by atoms with Crippen LogP contribution in [0.15, 0.2) is 30.3 Å². The SMILES string of the molecule is O=C(O)CC(C(=O)O)S(=O)(=O)O.[CH2-]CC(CCCCCCCCCCCCCCCC)Oc1ccccc1.[Na+]. The van der Waals surface area contributed by atoms with Crippen molar-refractivity contribution in [3.05, 3.63) is 37.3 Å². The maximum Gasteiger partial charge on any atom is 1.00 e. The molecule has 0 radical (unpaired) electrons. The van der Waals surface area contributed by atoms with Gasteiger partial charge in [-0.2, -0.15) is 8.42 Å². The maximum atomic E-state index is 10.2. The fraction of sp³-hybridized carbons (Fsp3) is 0.690. The third-order valence-corrected chi connectivity index (χ3v) is 7.33. The van der Waals surface area contributed by atoms with E-state index in [1.165, 1.54) is 89.9 Å². The third-order valence-electron chi connectivity index (χ3n) is 6.24. The number of aliphatic carboxylic acids is 2. The summed E-state index contributed by atoms with van der Waals surface area (Å²) in [5, 5.41) is 13.9. The van der Waals surface area contributed by atoms with Crippen molar-refractivity contribution in [3.8, 4) is 5.75 Å². The van der Waals surface area contributed by atoms with Crippen molar-refractivity contribution in [1.82, 2.24) is 0 Å². The Kier molecular flexibility index (Phi) is 26.5. The van der Waals surface area contributed by atoms with E-state index in [1.54, 1.807) is 0 Å². The molecule has 0 aliphatic heterocycles. The number of carboxylic acid groups (broad SMARTS) is 2. The number of unbranched alkanes of at least 4 members (excludes halogenated alkanes) is 13. The average Bonchev–Trinajstić information content (AvgIpc) is 2.87. The standard InChI is InChI=1S/C25H43O.C4H6O7S.Na/c1-3-5-6-7-8-9-10-11-12-13-14-15-16-18-21-24(4-2)26-25-22-19-17-20-23-25;5-3(6)1-2(4(7)8)12(9,10)11;/h17,19-20,22-24H,2-16,18,21H2,1H3;2H,1H2,(H,5,6)(H,7,8)(H,9,10,11);/q-1;;+1. The number of hydrogen-bond acceptors (Lipinski definition) is 5. The molecule has 8 nitrogen and oxygen atoms in total. The number of ether oxygens (including phenoxy) is 1. The molecule has 2 unspecified atom stereocenters. The minimum absolute atomic E-state index is 0. The largest absolute Gasteiger partial charge is 1.00 e. The van der Waals surface area contributed by atoms with E-state index in [0.29, 0.717) is 0 Å². The van der Waals surface area contributed by atoms with Crippen molar-refractivity contribution >= 4 is 22.1 Å². The minimum atomic E-state index is -4.84. The summed E-state index contributed by atoms with van der Waals surface area (Å²) in [4.78, 5) is 20.0. The zero-order chi connectivity index (χ0) is 28.7. The van der Waals surface area contributed by atoms with Crippen LogP contribution in [0.1, 0.15) is 116 Å². The Morgan fingerprint density at radius 2 is 1.26 bits per heavy atom. The number of rotatable bonds is 22. The molecule has 0 amide bonds. The van der Waals surface area contributed by atoms with Gasteiger partial charge in [0.05, 0.1) is 12.5 Å². The summed E-state index contributed by atoms with van der Waals surface area (Å²) in [6.07, 6.45) is 20.9. The Morgan fingerprint density at radius 1 is 0.821 bits per heavy atom. The molecule has 39 heavy (non-hydrogen) atoms. The molecular weight excluding hydrogens is 531 g/mol. The predicted octanol–water partition coefficient (Wildman–Crippen LogP) is 4.34. The summed E-state index contributed by atoms with van der Waals surface area (Å²) in [5.41, 5.74) is 0. The van der Waals surface area contributed by atoms with Gasteiger partial charge in [-0.1, -0.05) is 109 Å². The Morgan fingerprint density at radius 3 is 1.59 bits per heavy atom. The monoisotopic (exact) mass is 580 g/mol. The van der Waals surface area contributed by atoms with Crippen molar-refractivity contribution in [2.75, 3.05) is 0 Å². The molecule has 1 rings (SSSR count). The summed E-state index contributed by atoms with van der Waals surface area (Å²) in [7, 11) is -4.84. The molecule has 0 aromatic heterocycles. The second-order valence-corrected chi connectivity index (χ2v) is 11.3. The smallest absolute Gasteiger partial charge is 0.493 e. The van der Waals surface area contributed by atoms with Crippen LogP contribution in [0.2, 0.25) is 0 Å². The van der Waals surface area contributed by atoms with E-state index in [4.69, 9.17) is 19.5 Å². The van der Waals surface area contributed by atoms with Crippen molar-refractivity contribution < 1.29 is 67.1 Å². The quantitative estimate of drug-likeness (QED) is 0.0797. The van der Waals surface area contributed by atoms with Gasteiger partial charge in [0.2, 0.25) is 0 Å². The molecule has 0 aliphatic carbocycles. The Balaban J connectivity index is 0. The van der Waals surface area contributed by atoms with Crippen molar-refractivity contribution in [2.45, 2.75) is 127 Å². The van der Waals surface area contributed by atoms with E-state index in [1.807, 2.05) is 30.3 Å². The minimum Gasteiger partial charge on any atom is -0.493 e. The van der Waals surface area contributed by atoms with Crippen LogP contribution in [0.25, 0.3) is 0 Å². The molecule has 0 aliphatic rings. The Labute approximate surface area is 258 Å². The molecule has 3 N–H and O–H groups in total. The molecule has 0 saturated heterocycles. The van der Waals surface area contributed by atoms with Crippen molar-refractivity contribution in [3.63, 3.8) is 0 Å². The summed E-state index contributed by atoms with van der Waals surface area (Å²) in [6, 6.07) is 10.2. The third kappa shape index (κ3) is 24.4. The van der Waals surface area contributed by atoms with Gasteiger partial charge >= 0.3 is 41.5 Å². The molecule has 1 aromatic carbocycles. The van der Waals surface area contributed by atoms with E-state index < -0.39 is 33.7 Å². The molecule has 220 valence electrons. The average molecular weight is 581 g/mol. The second-order valence-electron chi connectivity index (χ2n) is 9.67. The van der Waals surface area contributed by atoms with Crippen LogP contribution in [0.3, 0.4) is 0 Å². The molecule has 0 fully saturated rings. The van der Waals surface area contributed by atoms with E-state index in [2.05, 4.69) is 13.8 Å². The fourth-order valence-electron chi connectivity index (χ4n) is 4.00. The Bertz CT molecular complexity index is 833. The number of benzene rings is 1. The summed E-state index contributed by atoms with van der Waals surface area (Å²) >= 11 is 0. The zero-order valence-corrected chi connectivity index (χ0v) is 26.9. The second kappa shape index (κ2) is 25.8. The van der Waals surface area contributed by atoms with Gasteiger partial charge in [0.15, 0.2) is 5.25 Å². The number of para-hydroxylation sites is 1. The van der Waals surface area contributed by atoms with E-state index in [9.17, 15) is 18.0 Å². The number of carboxylic acids is 2. The predicted molar refractivity (Wildman–Crippen MR) is 151 cm³/mol. The van der Waals surface area contributed by atoms with Gasteiger partial charge in [0.25, 0.3) is 10.1 Å². The van der Waals surface area contributed by atoms with Gasteiger partial charge in [-0.3, -0.25) is 14.1 Å². The van der Waals surface area contributed by atoms with Gasteiger partial charge in [-0.15, -0.1) is 6.42 Å². The first-order valence-corrected chi connectivity index (χ1v) is 15.5. The number of hydrogen-bond donors (Lipinski definition) is 3. The molecular formula is C29H49NaO8S. The first kappa shape index (κ1) is 40.0. The molecule has 0 spiro atoms. The zero-order valence-electron chi connectivity index (χ0n) is 24.1. The van der Waals surface area contributed by atoms with Crippen LogP contribution < -0.4 is 34.3 Å². The normalized spacial score (nSPS) is 12.4. The fourth-order valence-corrected chi connectivity index (χ4v) is 4.61. The van der Waals surface area contributed by atoms with E-state index in [0.717, 1.165) is 18.6 Å². The van der Waals surface area contributed by atoms with Crippen molar-refractivity contribution in [2.24, 2.45) is 0 Å². The maximum absolute atomic E-state index is 10.2. The molecule has 0 bridgehead atoms. The van der Waals surface area contributed by atoms with Crippen LogP contribution in [0.5, 0.6) is 5.75 Å². The van der Waals surface area contributed by atoms with Crippen LogP contribution in [0.4, 0.5) is 0 Å². The summed E-state index contributed by atoms with van der Waals surface area (Å²) < 4.78 is 34.7. The summed E-state index contributed by atoms with van der Waals surface area (Å²) in [6.45, 7) is 6.33. The first-order valence-electron chi connectivity index (χ1n) is 14.0. The molecule has 2 atom stereocenters. The van der Waals surface area contributed by atoms with Crippen LogP contribution >= 0.6 is 0 Å². The molecule has 1 aromatic rings. The van der Waals surface area contributed by atoms with E-state index >= 15 is 0 Å². The van der Waals surface area contributed by atoms with Gasteiger partial charge in [0, 0.05) is 0 Å². The van der Waals surface area contributed by atoms with Gasteiger partial charge in [-0.05, 0) is 25.0 Å². The van der Waals surface area contributed by atoms with Gasteiger partial charge in [0.1, 0.15) is 5.75 Å². The van der Waals surface area contributed by atoms with Crippen LogP contribution in [-0.4, -0.2) is 46.5 Å². The van der Waals surface area contributed by atoms with Crippen LogP contribution in [0, 0.1) is 6.92 Å². The Hall–Kier alpha value is -1.13. The van der Waals surface area contributed by atoms with Crippen LogP contribution in [-0.2, 0) is 19.7 Å². The first-order chi connectivity index (χ1) is 18.1. The summed E-state index contributed by atoms with van der Waals surface area (Å²) in [5.74, 6) is -2.52. The number of carbonyl (C=O) groups is 2. The molecule has 10 heteroatoms. The van der Waals surface area contributed by atoms with E-state index in [-0.39, 0.29) is 35.7 Å².